The van der Waals surface area contributed by atoms with Crippen LogP contribution >= 0.6 is 0 Å². The second-order valence-corrected chi connectivity index (χ2v) is 12.0. The Balaban J connectivity index is 1.49. The molecule has 2 saturated carbocycles. The molecule has 2 fully saturated rings. The minimum atomic E-state index is -1.17. The third-order valence-corrected chi connectivity index (χ3v) is 10.3. The molecular formula is C28H33FO3S. The summed E-state index contributed by atoms with van der Waals surface area (Å²) in [5, 5.41) is 0. The van der Waals surface area contributed by atoms with Crippen molar-refractivity contribution in [2.45, 2.75) is 63.4 Å². The van der Waals surface area contributed by atoms with Crippen LogP contribution in [0.1, 0.15) is 52.4 Å². The van der Waals surface area contributed by atoms with Crippen LogP contribution in [0, 0.1) is 22.7 Å². The summed E-state index contributed by atoms with van der Waals surface area (Å²) in [5.41, 5.74) is 2.88. The van der Waals surface area contributed by atoms with Crippen molar-refractivity contribution in [2.75, 3.05) is 12.9 Å². The van der Waals surface area contributed by atoms with E-state index < -0.39 is 17.0 Å². The summed E-state index contributed by atoms with van der Waals surface area (Å²) in [6.45, 7) is 4.44. The molecule has 1 aromatic carbocycles. The third-order valence-electron chi connectivity index (χ3n) is 8.96. The third kappa shape index (κ3) is 3.58. The number of ketones is 1. The van der Waals surface area contributed by atoms with Gasteiger partial charge in [0.2, 0.25) is 0 Å². The Morgan fingerprint density at radius 2 is 1.94 bits per heavy atom. The predicted octanol–water partition coefficient (Wildman–Crippen LogP) is 6.09. The van der Waals surface area contributed by atoms with Crippen LogP contribution in [0.3, 0.4) is 0 Å². The maximum absolute atomic E-state index is 15.4. The van der Waals surface area contributed by atoms with Gasteiger partial charge in [-0.15, -0.1) is 0 Å². The summed E-state index contributed by atoms with van der Waals surface area (Å²) in [6.07, 6.45) is 7.37. The van der Waals surface area contributed by atoms with Crippen molar-refractivity contribution >= 4 is 16.6 Å². The Kier molecular flexibility index (Phi) is 5.75. The van der Waals surface area contributed by atoms with E-state index in [1.54, 1.807) is 13.2 Å². The van der Waals surface area contributed by atoms with Crippen LogP contribution in [-0.2, 0) is 20.3 Å². The first kappa shape index (κ1) is 22.8. The molecule has 5 heteroatoms. The largest absolute Gasteiger partial charge is 0.500 e. The quantitative estimate of drug-likeness (QED) is 0.396. The van der Waals surface area contributed by atoms with Gasteiger partial charge in [-0.25, -0.2) is 4.39 Å². The smallest absolute Gasteiger partial charge is 0.155 e. The number of carbonyl (C=O) groups excluding carboxylic acids is 1. The Morgan fingerprint density at radius 1 is 1.18 bits per heavy atom. The number of rotatable bonds is 4. The second-order valence-electron chi connectivity index (χ2n) is 10.5. The van der Waals surface area contributed by atoms with Crippen molar-refractivity contribution in [3.8, 4) is 0 Å². The number of fused-ring (bicyclic) bond motifs is 5. The molecule has 176 valence electrons. The zero-order chi connectivity index (χ0) is 23.4. The number of alkyl halides is 1. The van der Waals surface area contributed by atoms with E-state index in [-0.39, 0.29) is 22.5 Å². The van der Waals surface area contributed by atoms with Crippen molar-refractivity contribution in [3.63, 3.8) is 0 Å². The number of hydrogen-bond acceptors (Lipinski definition) is 3. The zero-order valence-corrected chi connectivity index (χ0v) is 20.6. The predicted molar refractivity (Wildman–Crippen MR) is 129 cm³/mol. The van der Waals surface area contributed by atoms with Gasteiger partial charge in [-0.2, -0.15) is 0 Å². The van der Waals surface area contributed by atoms with E-state index in [0.717, 1.165) is 29.9 Å². The van der Waals surface area contributed by atoms with Gasteiger partial charge in [0.1, 0.15) is 11.9 Å². The maximum atomic E-state index is 15.4. The summed E-state index contributed by atoms with van der Waals surface area (Å²) in [6, 6.07) is 9.54. The van der Waals surface area contributed by atoms with Gasteiger partial charge in [0.15, 0.2) is 5.78 Å². The molecule has 6 atom stereocenters. The van der Waals surface area contributed by atoms with E-state index >= 15 is 4.39 Å². The first-order valence-electron chi connectivity index (χ1n) is 12.1. The Bertz CT molecular complexity index is 1090. The van der Waals surface area contributed by atoms with Crippen LogP contribution in [0.2, 0.25) is 0 Å². The molecule has 0 spiro atoms. The number of hydrogen-bond donors (Lipinski definition) is 0. The highest BCUT2D eigenvalue weighted by Gasteiger charge is 2.57. The molecule has 0 radical (unpaired) electrons. The lowest BCUT2D eigenvalue weighted by Crippen LogP contribution is -2.47. The molecule has 0 heterocycles. The highest BCUT2D eigenvalue weighted by atomic mass is 32.2. The molecule has 0 bridgehead atoms. The first-order chi connectivity index (χ1) is 15.8. The van der Waals surface area contributed by atoms with Gasteiger partial charge in [-0.1, -0.05) is 43.7 Å². The second kappa shape index (κ2) is 8.33. The molecule has 0 aliphatic heterocycles. The molecule has 3 nitrogen and oxygen atoms in total. The zero-order valence-electron chi connectivity index (χ0n) is 19.7. The fraction of sp³-hybridized carbons (Fsp3) is 0.536. The number of halogens is 1. The number of benzene rings is 1. The molecule has 1 aromatic rings. The van der Waals surface area contributed by atoms with E-state index in [0.29, 0.717) is 36.5 Å². The van der Waals surface area contributed by atoms with Crippen molar-refractivity contribution in [2.24, 2.45) is 22.7 Å². The van der Waals surface area contributed by atoms with Crippen LogP contribution in [-0.4, -0.2) is 29.0 Å². The van der Waals surface area contributed by atoms with Crippen molar-refractivity contribution in [3.05, 3.63) is 65.0 Å². The molecule has 0 amide bonds. The lowest BCUT2D eigenvalue weighted by molar-refractivity contribution is -0.115. The molecule has 0 aromatic heterocycles. The summed E-state index contributed by atoms with van der Waals surface area (Å²) < 4.78 is 34.3. The molecule has 0 N–H and O–H groups in total. The van der Waals surface area contributed by atoms with Crippen LogP contribution in [0.15, 0.2) is 69.9 Å². The standard InChI is InChI=1S/C28H33FO3S/c1-27-14-12-22-20(16-25(29)24-15-18(30)11-13-28(22,24)2)21(27)9-10-23(27)26(32-3)17-33(31)19-7-5-4-6-8-19/h4-8,12,15,20-21,25H,9-11,13-14,16-17H2,1-3H3/t20-,21-,25?,27-,28+,33?/m0/s1. The lowest BCUT2D eigenvalue weighted by atomic mass is 9.51. The van der Waals surface area contributed by atoms with E-state index in [9.17, 15) is 9.00 Å². The van der Waals surface area contributed by atoms with Gasteiger partial charge < -0.3 is 4.74 Å². The van der Waals surface area contributed by atoms with Crippen LogP contribution in [0.5, 0.6) is 0 Å². The highest BCUT2D eigenvalue weighted by molar-refractivity contribution is 7.85. The molecule has 5 rings (SSSR count). The molecule has 4 aliphatic rings. The normalized spacial score (nSPS) is 37.8. The average Bonchev–Trinajstić information content (AvgIpc) is 3.16. The minimum absolute atomic E-state index is 0.0621. The van der Waals surface area contributed by atoms with Crippen molar-refractivity contribution in [1.29, 1.82) is 0 Å². The number of ether oxygens (including phenoxy) is 1. The van der Waals surface area contributed by atoms with Crippen molar-refractivity contribution < 1.29 is 18.1 Å². The summed E-state index contributed by atoms with van der Waals surface area (Å²) in [4.78, 5) is 12.8. The van der Waals surface area contributed by atoms with Gasteiger partial charge in [0, 0.05) is 16.7 Å². The summed E-state index contributed by atoms with van der Waals surface area (Å²) >= 11 is 0. The number of methoxy groups -OCH3 is 1. The lowest BCUT2D eigenvalue weighted by Gasteiger charge is -2.53. The minimum Gasteiger partial charge on any atom is -0.500 e. The first-order valence-corrected chi connectivity index (χ1v) is 13.4. The Hall–Kier alpha value is -2.01. The van der Waals surface area contributed by atoms with Crippen molar-refractivity contribution in [1.82, 2.24) is 0 Å². The van der Waals surface area contributed by atoms with Crippen LogP contribution < -0.4 is 0 Å². The van der Waals surface area contributed by atoms with E-state index in [2.05, 4.69) is 19.9 Å². The van der Waals surface area contributed by atoms with Gasteiger partial charge in [0.05, 0.1) is 23.7 Å². The van der Waals surface area contributed by atoms with Gasteiger partial charge in [-0.3, -0.25) is 9.00 Å². The number of allylic oxidation sites excluding steroid dienone is 5. The van der Waals surface area contributed by atoms with Crippen LogP contribution in [0.25, 0.3) is 0 Å². The average molecular weight is 469 g/mol. The molecule has 33 heavy (non-hydrogen) atoms. The fourth-order valence-corrected chi connectivity index (χ4v) is 8.34. The summed E-state index contributed by atoms with van der Waals surface area (Å²) in [7, 11) is 0.514. The topological polar surface area (TPSA) is 43.4 Å². The summed E-state index contributed by atoms with van der Waals surface area (Å²) in [5.74, 6) is 1.80. The number of carbonyl (C=O) groups is 1. The maximum Gasteiger partial charge on any atom is 0.155 e. The molecule has 0 saturated heterocycles. The molecule has 2 unspecified atom stereocenters. The monoisotopic (exact) mass is 468 g/mol. The van der Waals surface area contributed by atoms with E-state index in [1.165, 1.54) is 11.1 Å². The molecule has 4 aliphatic carbocycles. The fourth-order valence-electron chi connectivity index (χ4n) is 7.18. The van der Waals surface area contributed by atoms with Gasteiger partial charge in [0.25, 0.3) is 0 Å². The molecular weight excluding hydrogens is 435 g/mol. The Morgan fingerprint density at radius 3 is 2.67 bits per heavy atom. The SMILES string of the molecule is COC(CS(=O)c1ccccc1)=C1CC[C@H]2[C@@H]3CC(F)C4=CC(=O)CC[C@]4(C)C3=CC[C@]12C. The highest BCUT2D eigenvalue weighted by Crippen LogP contribution is 2.65. The van der Waals surface area contributed by atoms with E-state index in [1.807, 2.05) is 30.3 Å². The van der Waals surface area contributed by atoms with Gasteiger partial charge >= 0.3 is 0 Å². The Labute approximate surface area is 198 Å². The van der Waals surface area contributed by atoms with E-state index in [4.69, 9.17) is 4.74 Å². The van der Waals surface area contributed by atoms with Gasteiger partial charge in [-0.05, 0) is 78.7 Å². The van der Waals surface area contributed by atoms with Crippen LogP contribution in [0.4, 0.5) is 4.39 Å².